The van der Waals surface area contributed by atoms with Gasteiger partial charge in [0, 0.05) is 13.0 Å². The molecule has 0 unspecified atom stereocenters. The number of hydrogen-bond donors (Lipinski definition) is 2. The van der Waals surface area contributed by atoms with Crippen molar-refractivity contribution < 1.29 is 4.79 Å². The van der Waals surface area contributed by atoms with E-state index in [1.54, 1.807) is 6.20 Å². The Kier molecular flexibility index (Phi) is 3.76. The number of carbonyl (C=O) groups excluding carboxylic acids is 1. The van der Waals surface area contributed by atoms with Crippen LogP contribution in [0.1, 0.15) is 26.9 Å². The molecule has 2 heterocycles. The minimum absolute atomic E-state index is 0.0799. The molecule has 0 aliphatic rings. The molecule has 2 rings (SSSR count). The molecule has 2 N–H and O–H groups in total. The lowest BCUT2D eigenvalue weighted by atomic mass is 10.3. The zero-order chi connectivity index (χ0) is 12.1. The van der Waals surface area contributed by atoms with Crippen LogP contribution in [0.4, 0.5) is 0 Å². The van der Waals surface area contributed by atoms with Crippen LogP contribution in [0.5, 0.6) is 0 Å². The molecule has 0 spiro atoms. The minimum atomic E-state index is -0.0799. The third-order valence-corrected chi connectivity index (χ3v) is 3.01. The molecule has 0 bridgehead atoms. The third-order valence-electron chi connectivity index (χ3n) is 2.10. The first-order chi connectivity index (χ1) is 8.25. The largest absolute Gasteiger partial charge is 0.351 e. The maximum Gasteiger partial charge on any atom is 0.263 e. The Balaban J connectivity index is 1.70. The lowest BCUT2D eigenvalue weighted by Crippen LogP contribution is -2.24. The fourth-order valence-electron chi connectivity index (χ4n) is 1.29. The molecular weight excluding hydrogens is 240 g/mol. The molecule has 0 saturated heterocycles. The summed E-state index contributed by atoms with van der Waals surface area (Å²) in [5.41, 5.74) is 0. The Morgan fingerprint density at radius 2 is 2.47 bits per heavy atom. The van der Waals surface area contributed by atoms with Crippen molar-refractivity contribution in [2.75, 3.05) is 6.54 Å². The number of tetrazole rings is 1. The van der Waals surface area contributed by atoms with E-state index in [1.807, 2.05) is 6.92 Å². The average molecular weight is 252 g/mol. The predicted octanol–water partition coefficient (Wildman–Crippen LogP) is 0.327. The Morgan fingerprint density at radius 3 is 3.12 bits per heavy atom. The Hall–Kier alpha value is -1.83. The molecule has 17 heavy (non-hydrogen) atoms. The summed E-state index contributed by atoms with van der Waals surface area (Å²) in [4.78, 5) is 16.3. The van der Waals surface area contributed by atoms with Crippen molar-refractivity contribution in [3.05, 3.63) is 21.9 Å². The summed E-state index contributed by atoms with van der Waals surface area (Å²) >= 11 is 1.39. The molecule has 0 aliphatic carbocycles. The topological polar surface area (TPSA) is 96.5 Å². The van der Waals surface area contributed by atoms with Gasteiger partial charge in [0.1, 0.15) is 4.88 Å². The van der Waals surface area contributed by atoms with Crippen LogP contribution in [0.3, 0.4) is 0 Å². The number of amides is 1. The van der Waals surface area contributed by atoms with Crippen LogP contribution in [-0.4, -0.2) is 38.1 Å². The van der Waals surface area contributed by atoms with Gasteiger partial charge in [-0.1, -0.05) is 5.21 Å². The zero-order valence-corrected chi connectivity index (χ0v) is 10.1. The molecule has 0 aliphatic heterocycles. The first-order valence-electron chi connectivity index (χ1n) is 5.18. The second-order valence-electron chi connectivity index (χ2n) is 3.43. The van der Waals surface area contributed by atoms with Crippen molar-refractivity contribution in [1.82, 2.24) is 30.9 Å². The van der Waals surface area contributed by atoms with E-state index in [4.69, 9.17) is 0 Å². The Bertz CT molecular complexity index is 479. The van der Waals surface area contributed by atoms with Crippen molar-refractivity contribution in [3.63, 3.8) is 0 Å². The van der Waals surface area contributed by atoms with Crippen molar-refractivity contribution in [1.29, 1.82) is 0 Å². The molecule has 8 heteroatoms. The predicted molar refractivity (Wildman–Crippen MR) is 61.7 cm³/mol. The highest BCUT2D eigenvalue weighted by atomic mass is 32.1. The van der Waals surface area contributed by atoms with E-state index < -0.39 is 0 Å². The van der Waals surface area contributed by atoms with E-state index in [0.717, 1.165) is 11.4 Å². The fraction of sp³-hybridized carbons (Fsp3) is 0.444. The minimum Gasteiger partial charge on any atom is -0.351 e. The van der Waals surface area contributed by atoms with Crippen LogP contribution in [0.15, 0.2) is 6.20 Å². The summed E-state index contributed by atoms with van der Waals surface area (Å²) < 4.78 is 0. The summed E-state index contributed by atoms with van der Waals surface area (Å²) in [6.45, 7) is 2.46. The van der Waals surface area contributed by atoms with Gasteiger partial charge in [-0.05, 0) is 13.3 Å². The number of H-pyrrole nitrogens is 1. The lowest BCUT2D eigenvalue weighted by molar-refractivity contribution is 0.0957. The highest BCUT2D eigenvalue weighted by Crippen LogP contribution is 2.10. The average Bonchev–Trinajstić information content (AvgIpc) is 2.95. The van der Waals surface area contributed by atoms with Crippen molar-refractivity contribution >= 4 is 17.2 Å². The third kappa shape index (κ3) is 3.31. The van der Waals surface area contributed by atoms with Gasteiger partial charge in [-0.3, -0.25) is 4.79 Å². The maximum absolute atomic E-state index is 11.6. The molecule has 0 atom stereocenters. The molecule has 0 aromatic carbocycles. The monoisotopic (exact) mass is 252 g/mol. The Labute approximate surface area is 102 Å². The number of aryl methyl sites for hydroxylation is 2. The zero-order valence-electron chi connectivity index (χ0n) is 9.30. The number of carbonyl (C=O) groups is 1. The van der Waals surface area contributed by atoms with Gasteiger partial charge >= 0.3 is 0 Å². The molecule has 0 fully saturated rings. The SMILES string of the molecule is Cc1ncc(C(=O)NCCCc2nn[nH]n2)s1. The molecule has 90 valence electrons. The first-order valence-corrected chi connectivity index (χ1v) is 6.00. The standard InChI is InChI=1S/C9H12N6OS/c1-6-11-5-7(17-6)9(16)10-4-2-3-8-12-14-15-13-8/h5H,2-4H2,1H3,(H,10,16)(H,12,13,14,15). The normalized spacial score (nSPS) is 10.4. The smallest absolute Gasteiger partial charge is 0.263 e. The van der Waals surface area contributed by atoms with E-state index in [9.17, 15) is 4.79 Å². The summed E-state index contributed by atoms with van der Waals surface area (Å²) in [5, 5.41) is 17.2. The van der Waals surface area contributed by atoms with Crippen LogP contribution >= 0.6 is 11.3 Å². The van der Waals surface area contributed by atoms with Crippen LogP contribution < -0.4 is 5.32 Å². The molecule has 0 saturated carbocycles. The summed E-state index contributed by atoms with van der Waals surface area (Å²) in [7, 11) is 0. The molecule has 1 amide bonds. The van der Waals surface area contributed by atoms with Crippen molar-refractivity contribution in [3.8, 4) is 0 Å². The lowest BCUT2D eigenvalue weighted by Gasteiger charge is -2.00. The first kappa shape index (κ1) is 11.6. The van der Waals surface area contributed by atoms with E-state index in [-0.39, 0.29) is 5.91 Å². The van der Waals surface area contributed by atoms with E-state index in [1.165, 1.54) is 11.3 Å². The summed E-state index contributed by atoms with van der Waals surface area (Å²) in [6, 6.07) is 0. The van der Waals surface area contributed by atoms with E-state index in [2.05, 4.69) is 30.9 Å². The van der Waals surface area contributed by atoms with Gasteiger partial charge in [-0.2, -0.15) is 5.21 Å². The van der Waals surface area contributed by atoms with Crippen LogP contribution in [-0.2, 0) is 6.42 Å². The molecule has 2 aromatic rings. The second kappa shape index (κ2) is 5.48. The summed E-state index contributed by atoms with van der Waals surface area (Å²) in [5.74, 6) is 0.580. The highest BCUT2D eigenvalue weighted by molar-refractivity contribution is 7.13. The quantitative estimate of drug-likeness (QED) is 0.747. The second-order valence-corrected chi connectivity index (χ2v) is 4.67. The number of rotatable bonds is 5. The van der Waals surface area contributed by atoms with Crippen molar-refractivity contribution in [2.45, 2.75) is 19.8 Å². The van der Waals surface area contributed by atoms with Gasteiger partial charge in [0.15, 0.2) is 5.82 Å². The fourth-order valence-corrected chi connectivity index (χ4v) is 1.98. The number of thiazole rings is 1. The number of aromatic nitrogens is 5. The van der Waals surface area contributed by atoms with E-state index >= 15 is 0 Å². The highest BCUT2D eigenvalue weighted by Gasteiger charge is 2.08. The van der Waals surface area contributed by atoms with Gasteiger partial charge in [0.05, 0.1) is 11.2 Å². The van der Waals surface area contributed by atoms with Crippen LogP contribution in [0.2, 0.25) is 0 Å². The molecule has 0 radical (unpaired) electrons. The number of nitrogens with one attached hydrogen (secondary N) is 2. The Morgan fingerprint density at radius 1 is 1.59 bits per heavy atom. The van der Waals surface area contributed by atoms with Crippen LogP contribution in [0, 0.1) is 6.92 Å². The number of hydrogen-bond acceptors (Lipinski definition) is 6. The number of nitrogens with zero attached hydrogens (tertiary/aromatic N) is 4. The van der Waals surface area contributed by atoms with E-state index in [0.29, 0.717) is 23.7 Å². The number of aromatic amines is 1. The van der Waals surface area contributed by atoms with Gasteiger partial charge in [-0.15, -0.1) is 21.5 Å². The van der Waals surface area contributed by atoms with Gasteiger partial charge in [0.2, 0.25) is 0 Å². The maximum atomic E-state index is 11.6. The summed E-state index contributed by atoms with van der Waals surface area (Å²) in [6.07, 6.45) is 3.07. The van der Waals surface area contributed by atoms with Gasteiger partial charge in [-0.25, -0.2) is 4.98 Å². The van der Waals surface area contributed by atoms with Crippen LogP contribution in [0.25, 0.3) is 0 Å². The van der Waals surface area contributed by atoms with Gasteiger partial charge in [0.25, 0.3) is 5.91 Å². The molecular formula is C9H12N6OS. The molecule has 2 aromatic heterocycles. The van der Waals surface area contributed by atoms with Gasteiger partial charge < -0.3 is 5.32 Å². The molecule has 7 nitrogen and oxygen atoms in total. The van der Waals surface area contributed by atoms with Crippen molar-refractivity contribution in [2.24, 2.45) is 0 Å².